The van der Waals surface area contributed by atoms with Crippen molar-refractivity contribution in [3.8, 4) is 16.9 Å². The standard InChI is InChI=1S/C16H17ClO/c1-16(2,3)12-6-9-14(15(17)10-12)11-4-7-13(18)8-5-11/h4-10,18H,1-3H3. The third kappa shape index (κ3) is 2.68. The fourth-order valence-electron chi connectivity index (χ4n) is 1.86. The first kappa shape index (κ1) is 13.0. The maximum atomic E-state index is 9.29. The highest BCUT2D eigenvalue weighted by atomic mass is 35.5. The largest absolute Gasteiger partial charge is 0.508 e. The number of aromatic hydroxyl groups is 1. The molecule has 0 atom stereocenters. The third-order valence-corrected chi connectivity index (χ3v) is 3.33. The van der Waals surface area contributed by atoms with Crippen LogP contribution in [0.25, 0.3) is 11.1 Å². The SMILES string of the molecule is CC(C)(C)c1ccc(-c2ccc(O)cc2)c(Cl)c1. The van der Waals surface area contributed by atoms with E-state index in [9.17, 15) is 5.11 Å². The van der Waals surface area contributed by atoms with Crippen molar-refractivity contribution in [1.82, 2.24) is 0 Å². The summed E-state index contributed by atoms with van der Waals surface area (Å²) in [6.45, 7) is 6.50. The molecule has 2 aromatic carbocycles. The van der Waals surface area contributed by atoms with Crippen molar-refractivity contribution < 1.29 is 5.11 Å². The van der Waals surface area contributed by atoms with Gasteiger partial charge in [-0.15, -0.1) is 0 Å². The average molecular weight is 261 g/mol. The molecule has 0 aromatic heterocycles. The monoisotopic (exact) mass is 260 g/mol. The van der Waals surface area contributed by atoms with Gasteiger partial charge in [-0.05, 0) is 34.7 Å². The van der Waals surface area contributed by atoms with Gasteiger partial charge in [0.2, 0.25) is 0 Å². The lowest BCUT2D eigenvalue weighted by Gasteiger charge is -2.20. The predicted molar refractivity (Wildman–Crippen MR) is 77.3 cm³/mol. The minimum Gasteiger partial charge on any atom is -0.508 e. The smallest absolute Gasteiger partial charge is 0.115 e. The lowest BCUT2D eigenvalue weighted by atomic mass is 9.86. The van der Waals surface area contributed by atoms with Crippen LogP contribution in [0.5, 0.6) is 5.75 Å². The number of hydrogen-bond donors (Lipinski definition) is 1. The molecule has 1 nitrogen and oxygen atoms in total. The molecule has 1 N–H and O–H groups in total. The summed E-state index contributed by atoms with van der Waals surface area (Å²) >= 11 is 6.35. The Balaban J connectivity index is 2.45. The van der Waals surface area contributed by atoms with Crippen molar-refractivity contribution in [2.45, 2.75) is 26.2 Å². The molecule has 0 saturated heterocycles. The average Bonchev–Trinajstić information content (AvgIpc) is 2.29. The number of halogens is 1. The molecule has 94 valence electrons. The highest BCUT2D eigenvalue weighted by Crippen LogP contribution is 2.33. The van der Waals surface area contributed by atoms with Crippen LogP contribution in [0, 0.1) is 0 Å². The zero-order valence-electron chi connectivity index (χ0n) is 10.9. The third-order valence-electron chi connectivity index (χ3n) is 3.01. The molecular formula is C16H17ClO. The van der Waals surface area contributed by atoms with Crippen LogP contribution in [0.3, 0.4) is 0 Å². The molecule has 0 saturated carbocycles. The maximum Gasteiger partial charge on any atom is 0.115 e. The molecule has 2 heteroatoms. The van der Waals surface area contributed by atoms with Crippen molar-refractivity contribution >= 4 is 11.6 Å². The second-order valence-electron chi connectivity index (χ2n) is 5.49. The summed E-state index contributed by atoms with van der Waals surface area (Å²) in [5.74, 6) is 0.265. The molecule has 0 aliphatic carbocycles. The summed E-state index contributed by atoms with van der Waals surface area (Å²) in [5, 5.41) is 10.0. The molecule has 0 unspecified atom stereocenters. The van der Waals surface area contributed by atoms with E-state index in [0.717, 1.165) is 16.1 Å². The molecule has 0 heterocycles. The zero-order valence-corrected chi connectivity index (χ0v) is 11.6. The van der Waals surface area contributed by atoms with E-state index < -0.39 is 0 Å². The normalized spacial score (nSPS) is 11.6. The van der Waals surface area contributed by atoms with E-state index in [2.05, 4.69) is 26.8 Å². The topological polar surface area (TPSA) is 20.2 Å². The molecular weight excluding hydrogens is 244 g/mol. The van der Waals surface area contributed by atoms with Crippen LogP contribution in [0.4, 0.5) is 0 Å². The zero-order chi connectivity index (χ0) is 13.3. The van der Waals surface area contributed by atoms with Crippen LogP contribution in [0.15, 0.2) is 42.5 Å². The maximum absolute atomic E-state index is 9.29. The van der Waals surface area contributed by atoms with Crippen LogP contribution < -0.4 is 0 Å². The minimum absolute atomic E-state index is 0.0944. The van der Waals surface area contributed by atoms with Crippen LogP contribution in [0.1, 0.15) is 26.3 Å². The highest BCUT2D eigenvalue weighted by molar-refractivity contribution is 6.33. The van der Waals surface area contributed by atoms with E-state index in [1.807, 2.05) is 24.3 Å². The molecule has 0 fully saturated rings. The summed E-state index contributed by atoms with van der Waals surface area (Å²) in [5.41, 5.74) is 3.31. The Morgan fingerprint density at radius 1 is 0.944 bits per heavy atom. The fraction of sp³-hybridized carbons (Fsp3) is 0.250. The van der Waals surface area contributed by atoms with Crippen LogP contribution in [-0.2, 0) is 5.41 Å². The lowest BCUT2D eigenvalue weighted by molar-refractivity contribution is 0.475. The van der Waals surface area contributed by atoms with E-state index in [4.69, 9.17) is 11.6 Å². The van der Waals surface area contributed by atoms with Gasteiger partial charge in [0, 0.05) is 10.6 Å². The van der Waals surface area contributed by atoms with Crippen LogP contribution in [0.2, 0.25) is 5.02 Å². The van der Waals surface area contributed by atoms with Gasteiger partial charge in [0.1, 0.15) is 5.75 Å². The molecule has 2 rings (SSSR count). The number of benzene rings is 2. The molecule has 0 amide bonds. The van der Waals surface area contributed by atoms with E-state index >= 15 is 0 Å². The van der Waals surface area contributed by atoms with Crippen molar-refractivity contribution in [3.05, 3.63) is 53.1 Å². The van der Waals surface area contributed by atoms with Gasteiger partial charge >= 0.3 is 0 Å². The first-order chi connectivity index (χ1) is 8.38. The number of hydrogen-bond acceptors (Lipinski definition) is 1. The van der Waals surface area contributed by atoms with Gasteiger partial charge in [0.15, 0.2) is 0 Å². The quantitative estimate of drug-likeness (QED) is 0.764. The Labute approximate surface area is 113 Å². The van der Waals surface area contributed by atoms with E-state index in [0.29, 0.717) is 0 Å². The Hall–Kier alpha value is -1.47. The summed E-state index contributed by atoms with van der Waals surface area (Å²) in [6, 6.07) is 13.2. The first-order valence-corrected chi connectivity index (χ1v) is 6.35. The van der Waals surface area contributed by atoms with Gasteiger partial charge in [0.05, 0.1) is 0 Å². The predicted octanol–water partition coefficient (Wildman–Crippen LogP) is 5.01. The Morgan fingerprint density at radius 2 is 1.56 bits per heavy atom. The Bertz CT molecular complexity index is 550. The fourth-order valence-corrected chi connectivity index (χ4v) is 2.15. The first-order valence-electron chi connectivity index (χ1n) is 5.97. The van der Waals surface area contributed by atoms with Gasteiger partial charge in [-0.25, -0.2) is 0 Å². The van der Waals surface area contributed by atoms with E-state index in [-0.39, 0.29) is 11.2 Å². The molecule has 0 aliphatic heterocycles. The summed E-state index contributed by atoms with van der Waals surface area (Å²) in [6.07, 6.45) is 0. The van der Waals surface area contributed by atoms with Crippen LogP contribution in [-0.4, -0.2) is 5.11 Å². The Morgan fingerprint density at radius 3 is 2.06 bits per heavy atom. The van der Waals surface area contributed by atoms with Crippen molar-refractivity contribution in [2.75, 3.05) is 0 Å². The second-order valence-corrected chi connectivity index (χ2v) is 5.90. The van der Waals surface area contributed by atoms with Gasteiger partial charge in [-0.2, -0.15) is 0 Å². The molecule has 18 heavy (non-hydrogen) atoms. The van der Waals surface area contributed by atoms with Gasteiger partial charge in [-0.1, -0.05) is 56.6 Å². The van der Waals surface area contributed by atoms with Gasteiger partial charge in [-0.3, -0.25) is 0 Å². The number of rotatable bonds is 1. The second kappa shape index (κ2) is 4.66. The van der Waals surface area contributed by atoms with Crippen LogP contribution >= 0.6 is 11.6 Å². The van der Waals surface area contributed by atoms with E-state index in [1.165, 1.54) is 5.56 Å². The Kier molecular flexibility index (Phi) is 3.36. The highest BCUT2D eigenvalue weighted by Gasteiger charge is 2.15. The molecule has 0 bridgehead atoms. The van der Waals surface area contributed by atoms with Crippen molar-refractivity contribution in [1.29, 1.82) is 0 Å². The van der Waals surface area contributed by atoms with Crippen molar-refractivity contribution in [3.63, 3.8) is 0 Å². The molecule has 2 aromatic rings. The van der Waals surface area contributed by atoms with Gasteiger partial charge in [0.25, 0.3) is 0 Å². The summed E-state index contributed by atoms with van der Waals surface area (Å²) in [4.78, 5) is 0. The summed E-state index contributed by atoms with van der Waals surface area (Å²) < 4.78 is 0. The molecule has 0 radical (unpaired) electrons. The van der Waals surface area contributed by atoms with Crippen molar-refractivity contribution in [2.24, 2.45) is 0 Å². The lowest BCUT2D eigenvalue weighted by Crippen LogP contribution is -2.10. The van der Waals surface area contributed by atoms with E-state index in [1.54, 1.807) is 12.1 Å². The molecule has 0 spiro atoms. The molecule has 0 aliphatic rings. The number of phenols is 1. The number of phenolic OH excluding ortho intramolecular Hbond substituents is 1. The van der Waals surface area contributed by atoms with Gasteiger partial charge < -0.3 is 5.11 Å². The minimum atomic E-state index is 0.0944. The summed E-state index contributed by atoms with van der Waals surface area (Å²) in [7, 11) is 0.